The summed E-state index contributed by atoms with van der Waals surface area (Å²) in [5.74, 6) is 0.814. The molecule has 2 N–H and O–H groups in total. The van der Waals surface area contributed by atoms with E-state index in [-0.39, 0.29) is 0 Å². The van der Waals surface area contributed by atoms with E-state index in [1.165, 1.54) is 34.3 Å². The second-order valence-corrected chi connectivity index (χ2v) is 7.23. The van der Waals surface area contributed by atoms with Crippen molar-refractivity contribution in [2.45, 2.75) is 38.8 Å². The standard InChI is InChI=1S/C17H24N2S/c1-12-7-8-19(15(9-12)11-18)13(2)17-10-14-5-3-4-6-16(14)20-17/h3-6,10,12-13,15H,7-9,11,18H2,1-2H3. The highest BCUT2D eigenvalue weighted by atomic mass is 32.1. The molecule has 1 aliphatic heterocycles. The van der Waals surface area contributed by atoms with E-state index in [1.54, 1.807) is 0 Å². The average Bonchev–Trinajstić information content (AvgIpc) is 2.90. The van der Waals surface area contributed by atoms with E-state index < -0.39 is 0 Å². The van der Waals surface area contributed by atoms with Gasteiger partial charge < -0.3 is 5.73 Å². The Balaban J connectivity index is 1.85. The van der Waals surface area contributed by atoms with E-state index in [1.807, 2.05) is 11.3 Å². The third-order valence-corrected chi connectivity index (χ3v) is 5.94. The van der Waals surface area contributed by atoms with Crippen molar-refractivity contribution >= 4 is 21.4 Å². The summed E-state index contributed by atoms with van der Waals surface area (Å²) in [7, 11) is 0. The summed E-state index contributed by atoms with van der Waals surface area (Å²) in [6.07, 6.45) is 2.54. The van der Waals surface area contributed by atoms with Crippen LogP contribution >= 0.6 is 11.3 Å². The molecule has 0 aliphatic carbocycles. The number of hydrogen-bond acceptors (Lipinski definition) is 3. The molecule has 0 radical (unpaired) electrons. The number of benzene rings is 1. The highest BCUT2D eigenvalue weighted by Crippen LogP contribution is 2.36. The first-order valence-electron chi connectivity index (χ1n) is 7.63. The molecule has 1 aliphatic rings. The third-order valence-electron chi connectivity index (χ3n) is 4.65. The molecular formula is C17H24N2S. The predicted molar refractivity (Wildman–Crippen MR) is 88.2 cm³/mol. The molecule has 3 atom stereocenters. The van der Waals surface area contributed by atoms with Gasteiger partial charge in [0.25, 0.3) is 0 Å². The molecule has 0 bridgehead atoms. The summed E-state index contributed by atoms with van der Waals surface area (Å²) in [6, 6.07) is 12.0. The Morgan fingerprint density at radius 2 is 2.20 bits per heavy atom. The number of nitrogens with zero attached hydrogens (tertiary/aromatic N) is 1. The van der Waals surface area contributed by atoms with Crippen LogP contribution in [0.25, 0.3) is 10.1 Å². The Morgan fingerprint density at radius 1 is 1.40 bits per heavy atom. The van der Waals surface area contributed by atoms with E-state index in [9.17, 15) is 0 Å². The third kappa shape index (κ3) is 2.62. The first-order valence-corrected chi connectivity index (χ1v) is 8.45. The number of likely N-dealkylation sites (tertiary alicyclic amines) is 1. The second kappa shape index (κ2) is 5.84. The summed E-state index contributed by atoms with van der Waals surface area (Å²) in [5.41, 5.74) is 6.01. The van der Waals surface area contributed by atoms with Crippen molar-refractivity contribution in [1.82, 2.24) is 4.90 Å². The minimum absolute atomic E-state index is 0.480. The first-order chi connectivity index (χ1) is 9.69. The van der Waals surface area contributed by atoms with Gasteiger partial charge >= 0.3 is 0 Å². The largest absolute Gasteiger partial charge is 0.329 e. The van der Waals surface area contributed by atoms with Crippen molar-refractivity contribution in [2.24, 2.45) is 11.7 Å². The molecule has 1 aromatic heterocycles. The fourth-order valence-electron chi connectivity index (χ4n) is 3.38. The molecule has 0 spiro atoms. The van der Waals surface area contributed by atoms with Crippen LogP contribution in [0.3, 0.4) is 0 Å². The summed E-state index contributed by atoms with van der Waals surface area (Å²) >= 11 is 1.93. The fourth-order valence-corrected chi connectivity index (χ4v) is 4.52. The minimum atomic E-state index is 0.480. The Kier molecular flexibility index (Phi) is 4.11. The van der Waals surface area contributed by atoms with Crippen LogP contribution in [0.1, 0.15) is 37.6 Å². The summed E-state index contributed by atoms with van der Waals surface area (Å²) in [6.45, 7) is 6.64. The maximum absolute atomic E-state index is 6.01. The zero-order valence-corrected chi connectivity index (χ0v) is 13.2. The first kappa shape index (κ1) is 14.1. The lowest BCUT2D eigenvalue weighted by Gasteiger charge is -2.41. The van der Waals surface area contributed by atoms with Crippen molar-refractivity contribution in [3.63, 3.8) is 0 Å². The van der Waals surface area contributed by atoms with E-state index in [0.717, 1.165) is 12.5 Å². The molecule has 2 aromatic rings. The lowest BCUT2D eigenvalue weighted by atomic mass is 9.91. The Morgan fingerprint density at radius 3 is 2.95 bits per heavy atom. The molecule has 3 rings (SSSR count). The van der Waals surface area contributed by atoms with Gasteiger partial charge in [0, 0.05) is 28.2 Å². The van der Waals surface area contributed by atoms with Gasteiger partial charge in [0.1, 0.15) is 0 Å². The van der Waals surface area contributed by atoms with Crippen LogP contribution in [-0.2, 0) is 0 Å². The molecule has 1 saturated heterocycles. The van der Waals surface area contributed by atoms with Gasteiger partial charge in [0.15, 0.2) is 0 Å². The average molecular weight is 288 g/mol. The number of fused-ring (bicyclic) bond motifs is 1. The van der Waals surface area contributed by atoms with Crippen molar-refractivity contribution < 1.29 is 0 Å². The lowest BCUT2D eigenvalue weighted by molar-refractivity contribution is 0.0849. The van der Waals surface area contributed by atoms with Crippen LogP contribution in [0, 0.1) is 5.92 Å². The van der Waals surface area contributed by atoms with Crippen molar-refractivity contribution in [2.75, 3.05) is 13.1 Å². The maximum atomic E-state index is 6.01. The SMILES string of the molecule is CC1CCN(C(C)c2cc3ccccc3s2)C(CN)C1. The maximum Gasteiger partial charge on any atom is 0.0417 e. The molecule has 2 nitrogen and oxygen atoms in total. The van der Waals surface area contributed by atoms with Crippen molar-refractivity contribution in [1.29, 1.82) is 0 Å². The van der Waals surface area contributed by atoms with Gasteiger partial charge in [-0.25, -0.2) is 0 Å². The molecule has 3 unspecified atom stereocenters. The van der Waals surface area contributed by atoms with Crippen LogP contribution in [0.5, 0.6) is 0 Å². The molecule has 20 heavy (non-hydrogen) atoms. The van der Waals surface area contributed by atoms with Crippen LogP contribution in [0.4, 0.5) is 0 Å². The number of hydrogen-bond donors (Lipinski definition) is 1. The van der Waals surface area contributed by atoms with Gasteiger partial charge in [0.05, 0.1) is 0 Å². The van der Waals surface area contributed by atoms with Crippen molar-refractivity contribution in [3.8, 4) is 0 Å². The monoisotopic (exact) mass is 288 g/mol. The van der Waals surface area contributed by atoms with Crippen LogP contribution in [0.2, 0.25) is 0 Å². The Hall–Kier alpha value is -0.900. The molecule has 1 fully saturated rings. The second-order valence-electron chi connectivity index (χ2n) is 6.12. The van der Waals surface area contributed by atoms with Gasteiger partial charge in [0.2, 0.25) is 0 Å². The van der Waals surface area contributed by atoms with E-state index in [0.29, 0.717) is 12.1 Å². The molecular weight excluding hydrogens is 264 g/mol. The normalized spacial score (nSPS) is 25.9. The Labute approximate surface area is 125 Å². The number of piperidine rings is 1. The molecule has 3 heteroatoms. The van der Waals surface area contributed by atoms with Gasteiger partial charge in [-0.05, 0) is 49.7 Å². The summed E-state index contributed by atoms with van der Waals surface area (Å²) < 4.78 is 1.39. The number of nitrogens with two attached hydrogens (primary N) is 1. The Bertz CT molecular complexity index is 544. The topological polar surface area (TPSA) is 29.3 Å². The molecule has 0 amide bonds. The van der Waals surface area contributed by atoms with Gasteiger partial charge in [-0.2, -0.15) is 0 Å². The van der Waals surface area contributed by atoms with Crippen molar-refractivity contribution in [3.05, 3.63) is 35.2 Å². The van der Waals surface area contributed by atoms with Crippen LogP contribution in [-0.4, -0.2) is 24.0 Å². The predicted octanol–water partition coefficient (Wildman–Crippen LogP) is 4.02. The highest BCUT2D eigenvalue weighted by molar-refractivity contribution is 7.19. The molecule has 108 valence electrons. The van der Waals surface area contributed by atoms with Gasteiger partial charge in [-0.1, -0.05) is 25.1 Å². The van der Waals surface area contributed by atoms with Gasteiger partial charge in [-0.3, -0.25) is 4.90 Å². The summed E-state index contributed by atoms with van der Waals surface area (Å²) in [4.78, 5) is 4.09. The van der Waals surface area contributed by atoms with E-state index in [4.69, 9.17) is 5.73 Å². The number of thiophene rings is 1. The lowest BCUT2D eigenvalue weighted by Crippen LogP contribution is -2.47. The fraction of sp³-hybridized carbons (Fsp3) is 0.529. The highest BCUT2D eigenvalue weighted by Gasteiger charge is 2.29. The van der Waals surface area contributed by atoms with E-state index in [2.05, 4.69) is 49.1 Å². The van der Waals surface area contributed by atoms with Crippen LogP contribution < -0.4 is 5.73 Å². The molecule has 1 aromatic carbocycles. The quantitative estimate of drug-likeness (QED) is 0.924. The smallest absolute Gasteiger partial charge is 0.0417 e. The number of rotatable bonds is 3. The zero-order valence-electron chi connectivity index (χ0n) is 12.4. The van der Waals surface area contributed by atoms with Crippen LogP contribution in [0.15, 0.2) is 30.3 Å². The minimum Gasteiger partial charge on any atom is -0.329 e. The van der Waals surface area contributed by atoms with Gasteiger partial charge in [-0.15, -0.1) is 11.3 Å². The molecule has 0 saturated carbocycles. The van der Waals surface area contributed by atoms with E-state index >= 15 is 0 Å². The molecule has 2 heterocycles. The summed E-state index contributed by atoms with van der Waals surface area (Å²) in [5, 5.41) is 1.37. The zero-order chi connectivity index (χ0) is 14.1.